The second kappa shape index (κ2) is 31.5. The van der Waals surface area contributed by atoms with E-state index in [1.165, 1.54) is 157 Å². The van der Waals surface area contributed by atoms with E-state index in [2.05, 4.69) is 13.8 Å². The summed E-state index contributed by atoms with van der Waals surface area (Å²) in [5.41, 5.74) is -0.158. The van der Waals surface area contributed by atoms with Crippen LogP contribution in [0.25, 0.3) is 0 Å². The van der Waals surface area contributed by atoms with Crippen LogP contribution in [0.5, 0.6) is 11.5 Å². The molecule has 12 heteroatoms. The number of unbranched alkanes of at least 4 members (excludes halogenated alkanes) is 18. The minimum Gasteiger partial charge on any atom is -0.478 e. The normalized spacial score (nSPS) is 12.3. The number of thioether (sulfide) groups is 4. The molecular weight excluding hydrogens is 757 g/mol. The van der Waals surface area contributed by atoms with Crippen molar-refractivity contribution in [2.75, 3.05) is 11.5 Å². The molecule has 0 saturated carbocycles. The van der Waals surface area contributed by atoms with Crippen molar-refractivity contribution in [2.45, 2.75) is 167 Å². The molecule has 0 spiro atoms. The Balaban J connectivity index is 2.42. The third-order valence-corrected chi connectivity index (χ3v) is 13.7. The molecule has 0 fully saturated rings. The van der Waals surface area contributed by atoms with Crippen LogP contribution >= 0.6 is 71.5 Å². The van der Waals surface area contributed by atoms with E-state index < -0.39 is 28.4 Å². The van der Waals surface area contributed by atoms with Crippen LogP contribution in [0.1, 0.15) is 166 Å². The zero-order chi connectivity index (χ0) is 37.7. The number of carbonyl (C=O) groups is 3. The molecule has 0 aliphatic carbocycles. The molecule has 51 heavy (non-hydrogen) atoms. The lowest BCUT2D eigenvalue weighted by molar-refractivity contribution is -0.133. The topological polar surface area (TPSA) is 89.9 Å². The summed E-state index contributed by atoms with van der Waals surface area (Å²) in [5.74, 6) is -0.545. The van der Waals surface area contributed by atoms with E-state index in [1.807, 2.05) is 0 Å². The minimum atomic E-state index is -1.23. The quantitative estimate of drug-likeness (QED) is 0.0361. The molecule has 0 heterocycles. The van der Waals surface area contributed by atoms with Crippen LogP contribution in [0.4, 0.5) is 0 Å². The molecular formula is C39H62O6S6. The number of esters is 2. The zero-order valence-corrected chi connectivity index (χ0v) is 36.3. The molecule has 6 nitrogen and oxygen atoms in total. The second-order valence-electron chi connectivity index (χ2n) is 12.9. The number of hydrogen-bond acceptors (Lipinski definition) is 11. The number of aromatic carboxylic acids is 1. The molecule has 1 aromatic carbocycles. The Hall–Kier alpha value is -0.790. The number of hydrogen-bond donors (Lipinski definition) is 1. The molecule has 1 rings (SSSR count). The van der Waals surface area contributed by atoms with Crippen LogP contribution in [0.15, 0.2) is 18.2 Å². The molecule has 0 bridgehead atoms. The Bertz CT molecular complexity index is 1080. The average Bonchev–Trinajstić information content (AvgIpc) is 3.09. The monoisotopic (exact) mass is 818 g/mol. The van der Waals surface area contributed by atoms with Gasteiger partial charge in [0.2, 0.25) is 0 Å². The number of benzene rings is 1. The minimum absolute atomic E-state index is 0.0121. The lowest BCUT2D eigenvalue weighted by atomic mass is 10.1. The van der Waals surface area contributed by atoms with Gasteiger partial charge in [-0.3, -0.25) is 9.59 Å². The summed E-state index contributed by atoms with van der Waals surface area (Å²) >= 11 is 16.7. The standard InChI is InChI=1S/C39H62O6S6/c1-5-7-9-11-13-15-17-19-21-23-25-48-38(46)50-30(3)36(42)44-33-27-32(35(40)41)28-34(29-33)45-37(43)31(4)51-39(47)49-26-24-22-20-18-16-14-12-10-8-6-2/h27-31H,5-26H2,1-4H3,(H,40,41)/t30-,31-/m0/s1. The van der Waals surface area contributed by atoms with Gasteiger partial charge in [-0.15, -0.1) is 23.5 Å². The van der Waals surface area contributed by atoms with Crippen molar-refractivity contribution in [1.29, 1.82) is 0 Å². The van der Waals surface area contributed by atoms with Gasteiger partial charge in [-0.2, -0.15) is 0 Å². The largest absolute Gasteiger partial charge is 0.478 e. The second-order valence-corrected chi connectivity index (χ2v) is 20.2. The van der Waals surface area contributed by atoms with Crippen LogP contribution in [-0.4, -0.2) is 52.1 Å². The number of carboxylic acids is 1. The van der Waals surface area contributed by atoms with Crippen molar-refractivity contribution in [2.24, 2.45) is 0 Å². The summed E-state index contributed by atoms with van der Waals surface area (Å²) in [5, 5.41) is 8.45. The van der Waals surface area contributed by atoms with Gasteiger partial charge in [0.1, 0.15) is 29.1 Å². The number of rotatable bonds is 29. The van der Waals surface area contributed by atoms with Gasteiger partial charge in [0.05, 0.1) is 5.56 Å². The van der Waals surface area contributed by atoms with E-state index in [9.17, 15) is 19.5 Å². The smallest absolute Gasteiger partial charge is 0.335 e. The van der Waals surface area contributed by atoms with Gasteiger partial charge in [0.15, 0.2) is 0 Å². The predicted molar refractivity (Wildman–Crippen MR) is 233 cm³/mol. The highest BCUT2D eigenvalue weighted by atomic mass is 32.2. The molecule has 0 amide bonds. The van der Waals surface area contributed by atoms with Crippen LogP contribution < -0.4 is 9.47 Å². The van der Waals surface area contributed by atoms with Gasteiger partial charge in [-0.25, -0.2) is 4.79 Å². The Morgan fingerprint density at radius 2 is 0.882 bits per heavy atom. The summed E-state index contributed by atoms with van der Waals surface area (Å²) in [4.78, 5) is 37.6. The third kappa shape index (κ3) is 25.8. The Morgan fingerprint density at radius 3 is 1.20 bits per heavy atom. The van der Waals surface area contributed by atoms with Crippen molar-refractivity contribution < 1.29 is 29.0 Å². The van der Waals surface area contributed by atoms with Gasteiger partial charge in [0.25, 0.3) is 0 Å². The van der Waals surface area contributed by atoms with Crippen LogP contribution in [0.2, 0.25) is 0 Å². The number of ether oxygens (including phenoxy) is 2. The molecule has 1 N–H and O–H groups in total. The maximum absolute atomic E-state index is 12.9. The average molecular weight is 819 g/mol. The third-order valence-electron chi connectivity index (χ3n) is 8.21. The van der Waals surface area contributed by atoms with Crippen molar-refractivity contribution in [1.82, 2.24) is 0 Å². The van der Waals surface area contributed by atoms with Gasteiger partial charge < -0.3 is 14.6 Å². The molecule has 0 aromatic heterocycles. The summed E-state index contributed by atoms with van der Waals surface area (Å²) in [7, 11) is 0. The number of thiocarbonyl (C=S) groups is 2. The fourth-order valence-electron chi connectivity index (χ4n) is 5.15. The Morgan fingerprint density at radius 1 is 0.569 bits per heavy atom. The molecule has 1 aromatic rings. The van der Waals surface area contributed by atoms with Gasteiger partial charge >= 0.3 is 17.9 Å². The first-order valence-electron chi connectivity index (χ1n) is 19.1. The van der Waals surface area contributed by atoms with E-state index in [0.717, 1.165) is 24.3 Å². The van der Waals surface area contributed by atoms with Gasteiger partial charge in [-0.05, 0) is 50.3 Å². The molecule has 0 radical (unpaired) electrons. The van der Waals surface area contributed by atoms with Crippen molar-refractivity contribution in [3.8, 4) is 11.5 Å². The highest BCUT2D eigenvalue weighted by molar-refractivity contribution is 8.48. The summed E-state index contributed by atoms with van der Waals surface area (Å²) < 4.78 is 12.4. The van der Waals surface area contributed by atoms with Crippen LogP contribution in [0.3, 0.4) is 0 Å². The SMILES string of the molecule is CCCCCCCCCCCCSC(=S)S[C@@H](C)C(=O)Oc1cc(OC(=O)[C@H](C)SC(=S)SCCCCCCCCCCCC)cc(C(=O)O)c1. The van der Waals surface area contributed by atoms with Crippen molar-refractivity contribution in [3.05, 3.63) is 23.8 Å². The first-order valence-corrected chi connectivity index (χ1v) is 23.6. The summed E-state index contributed by atoms with van der Waals surface area (Å²) in [6.07, 6.45) is 25.6. The van der Waals surface area contributed by atoms with E-state index in [4.69, 9.17) is 33.9 Å². The summed E-state index contributed by atoms with van der Waals surface area (Å²) in [6, 6.07) is 3.84. The first kappa shape index (κ1) is 48.2. The first-order chi connectivity index (χ1) is 24.6. The van der Waals surface area contributed by atoms with Crippen molar-refractivity contribution in [3.63, 3.8) is 0 Å². The lowest BCUT2D eigenvalue weighted by Gasteiger charge is -2.14. The molecule has 0 unspecified atom stereocenters. The molecule has 0 aliphatic heterocycles. The van der Waals surface area contributed by atoms with E-state index in [-0.39, 0.29) is 17.1 Å². The highest BCUT2D eigenvalue weighted by Gasteiger charge is 2.22. The van der Waals surface area contributed by atoms with Gasteiger partial charge in [0, 0.05) is 6.07 Å². The fraction of sp³-hybridized carbons (Fsp3) is 0.718. The van der Waals surface area contributed by atoms with E-state index in [0.29, 0.717) is 7.06 Å². The van der Waals surface area contributed by atoms with Gasteiger partial charge in [-0.1, -0.05) is 177 Å². The van der Waals surface area contributed by atoms with E-state index >= 15 is 0 Å². The van der Waals surface area contributed by atoms with E-state index in [1.54, 1.807) is 37.4 Å². The molecule has 0 aliphatic rings. The number of carbonyl (C=O) groups excluding carboxylic acids is 2. The summed E-state index contributed by atoms with van der Waals surface area (Å²) in [6.45, 7) is 7.90. The predicted octanol–water partition coefficient (Wildman–Crippen LogP) is 13.3. The molecule has 0 saturated heterocycles. The van der Waals surface area contributed by atoms with Crippen LogP contribution in [0, 0.1) is 0 Å². The highest BCUT2D eigenvalue weighted by Crippen LogP contribution is 2.29. The molecule has 290 valence electrons. The maximum Gasteiger partial charge on any atom is 0.335 e. The lowest BCUT2D eigenvalue weighted by Crippen LogP contribution is -2.22. The Labute approximate surface area is 336 Å². The Kier molecular flexibility index (Phi) is 29.8. The number of carboxylic acid groups (broad SMARTS) is 1. The maximum atomic E-state index is 12.9. The van der Waals surface area contributed by atoms with Crippen molar-refractivity contribution >= 4 is 96.4 Å². The zero-order valence-electron chi connectivity index (χ0n) is 31.4. The molecule has 2 atom stereocenters. The van der Waals surface area contributed by atoms with Crippen LogP contribution in [-0.2, 0) is 9.59 Å². The fourth-order valence-corrected chi connectivity index (χ4v) is 10.3.